The lowest BCUT2D eigenvalue weighted by Crippen LogP contribution is -1.95. The number of hydrogen-bond acceptors (Lipinski definition) is 0. The quantitative estimate of drug-likeness (QED) is 0.643. The fourth-order valence-electron chi connectivity index (χ4n) is 2.59. The van der Waals surface area contributed by atoms with Crippen LogP contribution >= 0.6 is 11.6 Å². The molecule has 3 rings (SSSR count). The third-order valence-corrected chi connectivity index (χ3v) is 3.84. The molecule has 1 aliphatic carbocycles. The van der Waals surface area contributed by atoms with Crippen LogP contribution in [0.1, 0.15) is 34.4 Å². The lowest BCUT2D eigenvalue weighted by molar-refractivity contribution is 0.626. The van der Waals surface area contributed by atoms with Crippen LogP contribution in [0.2, 0.25) is 0 Å². The molecule has 2 heteroatoms. The summed E-state index contributed by atoms with van der Waals surface area (Å²) in [7, 11) is 0. The van der Waals surface area contributed by atoms with E-state index in [9.17, 15) is 4.39 Å². The van der Waals surface area contributed by atoms with E-state index in [2.05, 4.69) is 12.1 Å². The average molecular weight is 247 g/mol. The molecule has 17 heavy (non-hydrogen) atoms. The minimum Gasteiger partial charge on any atom is -0.207 e. The molecule has 2 aromatic carbocycles. The fourth-order valence-corrected chi connectivity index (χ4v) is 2.96. The van der Waals surface area contributed by atoms with Crippen molar-refractivity contribution in [1.82, 2.24) is 0 Å². The monoisotopic (exact) mass is 246 g/mol. The normalized spacial score (nSPS) is 22.5. The highest BCUT2D eigenvalue weighted by molar-refractivity contribution is 6.21. The molecule has 0 aromatic heterocycles. The number of benzene rings is 2. The van der Waals surface area contributed by atoms with Gasteiger partial charge in [0.1, 0.15) is 5.82 Å². The average Bonchev–Trinajstić information content (AvgIpc) is 2.69. The molecule has 0 unspecified atom stereocenters. The molecule has 0 aliphatic heterocycles. The van der Waals surface area contributed by atoms with Crippen molar-refractivity contribution in [3.05, 3.63) is 71.0 Å². The molecule has 0 saturated carbocycles. The van der Waals surface area contributed by atoms with Crippen molar-refractivity contribution in [2.75, 3.05) is 0 Å². The Hall–Kier alpha value is -1.34. The first-order valence-electron chi connectivity index (χ1n) is 5.74. The van der Waals surface area contributed by atoms with Gasteiger partial charge in [0.05, 0.1) is 5.38 Å². The summed E-state index contributed by atoms with van der Waals surface area (Å²) in [4.78, 5) is 0. The summed E-state index contributed by atoms with van der Waals surface area (Å²) in [6.45, 7) is 0. The van der Waals surface area contributed by atoms with E-state index >= 15 is 0 Å². The van der Waals surface area contributed by atoms with Crippen LogP contribution in [-0.2, 0) is 0 Å². The smallest absolute Gasteiger partial charge is 0.123 e. The molecule has 0 heterocycles. The first-order chi connectivity index (χ1) is 8.25. The van der Waals surface area contributed by atoms with E-state index in [-0.39, 0.29) is 11.2 Å². The summed E-state index contributed by atoms with van der Waals surface area (Å²) in [5, 5.41) is 0.0706. The second-order valence-electron chi connectivity index (χ2n) is 4.44. The van der Waals surface area contributed by atoms with Gasteiger partial charge in [-0.1, -0.05) is 36.4 Å². The second-order valence-corrected chi connectivity index (χ2v) is 4.96. The van der Waals surface area contributed by atoms with E-state index in [4.69, 9.17) is 11.6 Å². The molecule has 0 bridgehead atoms. The molecule has 0 amide bonds. The van der Waals surface area contributed by atoms with Gasteiger partial charge in [0.25, 0.3) is 0 Å². The fraction of sp³-hybridized carbons (Fsp3) is 0.200. The summed E-state index contributed by atoms with van der Waals surface area (Å²) in [6.07, 6.45) is 0.895. The van der Waals surface area contributed by atoms with Gasteiger partial charge < -0.3 is 0 Å². The Morgan fingerprint density at radius 1 is 0.941 bits per heavy atom. The lowest BCUT2D eigenvalue weighted by Gasteiger charge is -2.11. The Balaban J connectivity index is 2.04. The topological polar surface area (TPSA) is 0 Å². The highest BCUT2D eigenvalue weighted by Gasteiger charge is 2.30. The minimum atomic E-state index is -0.192. The van der Waals surface area contributed by atoms with Gasteiger partial charge >= 0.3 is 0 Å². The first-order valence-corrected chi connectivity index (χ1v) is 6.17. The van der Waals surface area contributed by atoms with Gasteiger partial charge in [0.2, 0.25) is 0 Å². The molecule has 0 fully saturated rings. The van der Waals surface area contributed by atoms with E-state index in [0.29, 0.717) is 5.92 Å². The van der Waals surface area contributed by atoms with Gasteiger partial charge in [0.15, 0.2) is 0 Å². The first kappa shape index (κ1) is 10.8. The van der Waals surface area contributed by atoms with Crippen LogP contribution in [-0.4, -0.2) is 0 Å². The largest absolute Gasteiger partial charge is 0.207 e. The van der Waals surface area contributed by atoms with Gasteiger partial charge in [-0.05, 0) is 35.2 Å². The van der Waals surface area contributed by atoms with Crippen LogP contribution in [0.25, 0.3) is 0 Å². The number of fused-ring (bicyclic) bond motifs is 1. The van der Waals surface area contributed by atoms with E-state index in [1.165, 1.54) is 23.3 Å². The van der Waals surface area contributed by atoms with Gasteiger partial charge in [-0.3, -0.25) is 0 Å². The van der Waals surface area contributed by atoms with Crippen LogP contribution in [0.5, 0.6) is 0 Å². The highest BCUT2D eigenvalue weighted by atomic mass is 35.5. The molecule has 0 nitrogen and oxygen atoms in total. The Kier molecular flexibility index (Phi) is 2.64. The van der Waals surface area contributed by atoms with Crippen LogP contribution in [0, 0.1) is 5.82 Å². The summed E-state index contributed by atoms with van der Waals surface area (Å²) in [5.74, 6) is 0.108. The van der Waals surface area contributed by atoms with Gasteiger partial charge in [-0.25, -0.2) is 4.39 Å². The number of halogens is 2. The Bertz CT molecular complexity index is 533. The van der Waals surface area contributed by atoms with E-state index in [1.807, 2.05) is 24.3 Å². The predicted octanol–water partition coefficient (Wildman–Crippen LogP) is 4.64. The van der Waals surface area contributed by atoms with Crippen molar-refractivity contribution < 1.29 is 4.39 Å². The minimum absolute atomic E-state index is 0.0706. The summed E-state index contributed by atoms with van der Waals surface area (Å²) in [5.41, 5.74) is 3.63. The standard InChI is InChI=1S/C15H12ClF/c16-15-9-14(10-5-7-11(17)8-6-10)12-3-1-2-4-13(12)15/h1-8,14-15H,9H2/t14-,15-/m0/s1. The van der Waals surface area contributed by atoms with Gasteiger partial charge in [-0.2, -0.15) is 0 Å². The zero-order valence-electron chi connectivity index (χ0n) is 9.24. The maximum Gasteiger partial charge on any atom is 0.123 e. The summed E-state index contributed by atoms with van der Waals surface area (Å²) in [6, 6.07) is 15.0. The molecular formula is C15H12ClF. The van der Waals surface area contributed by atoms with Crippen molar-refractivity contribution in [1.29, 1.82) is 0 Å². The van der Waals surface area contributed by atoms with Crippen LogP contribution in [0.15, 0.2) is 48.5 Å². The lowest BCUT2D eigenvalue weighted by atomic mass is 9.93. The van der Waals surface area contributed by atoms with E-state index in [0.717, 1.165) is 12.0 Å². The Morgan fingerprint density at radius 2 is 1.59 bits per heavy atom. The zero-order chi connectivity index (χ0) is 11.8. The molecule has 0 spiro atoms. The Morgan fingerprint density at radius 3 is 2.29 bits per heavy atom. The summed E-state index contributed by atoms with van der Waals surface area (Å²) >= 11 is 6.34. The third kappa shape index (κ3) is 1.85. The van der Waals surface area contributed by atoms with Crippen molar-refractivity contribution in [3.8, 4) is 0 Å². The number of hydrogen-bond donors (Lipinski definition) is 0. The van der Waals surface area contributed by atoms with Crippen molar-refractivity contribution in [2.45, 2.75) is 17.7 Å². The molecule has 2 aromatic rings. The predicted molar refractivity (Wildman–Crippen MR) is 67.9 cm³/mol. The number of rotatable bonds is 1. The van der Waals surface area contributed by atoms with Crippen molar-refractivity contribution in [3.63, 3.8) is 0 Å². The molecule has 86 valence electrons. The molecule has 0 N–H and O–H groups in total. The number of alkyl halides is 1. The molecule has 2 atom stereocenters. The maximum absolute atomic E-state index is 12.9. The Labute approximate surface area is 105 Å². The molecule has 1 aliphatic rings. The van der Waals surface area contributed by atoms with Crippen LogP contribution in [0.3, 0.4) is 0 Å². The highest BCUT2D eigenvalue weighted by Crippen LogP contribution is 2.46. The molecule has 0 saturated heterocycles. The maximum atomic E-state index is 12.9. The van der Waals surface area contributed by atoms with E-state index < -0.39 is 0 Å². The van der Waals surface area contributed by atoms with E-state index in [1.54, 1.807) is 0 Å². The molecular weight excluding hydrogens is 235 g/mol. The van der Waals surface area contributed by atoms with Crippen molar-refractivity contribution >= 4 is 11.6 Å². The van der Waals surface area contributed by atoms with Gasteiger partial charge in [0, 0.05) is 5.92 Å². The molecule has 0 radical (unpaired) electrons. The summed E-state index contributed by atoms with van der Waals surface area (Å²) < 4.78 is 12.9. The van der Waals surface area contributed by atoms with Crippen LogP contribution < -0.4 is 0 Å². The van der Waals surface area contributed by atoms with Crippen LogP contribution in [0.4, 0.5) is 4.39 Å². The van der Waals surface area contributed by atoms with Gasteiger partial charge in [-0.15, -0.1) is 11.6 Å². The second kappa shape index (κ2) is 4.15. The third-order valence-electron chi connectivity index (χ3n) is 3.42. The zero-order valence-corrected chi connectivity index (χ0v) is 9.99. The van der Waals surface area contributed by atoms with Crippen molar-refractivity contribution in [2.24, 2.45) is 0 Å². The SMILES string of the molecule is Fc1ccc([C@@H]2C[C@H](Cl)c3ccccc32)cc1.